The van der Waals surface area contributed by atoms with Gasteiger partial charge in [-0.2, -0.15) is 10.1 Å². The van der Waals surface area contributed by atoms with Gasteiger partial charge in [-0.15, -0.1) is 0 Å². The van der Waals surface area contributed by atoms with Gasteiger partial charge in [0.2, 0.25) is 5.95 Å². The summed E-state index contributed by atoms with van der Waals surface area (Å²) >= 11 is 0. The van der Waals surface area contributed by atoms with Gasteiger partial charge >= 0.3 is 13.7 Å². The summed E-state index contributed by atoms with van der Waals surface area (Å²) in [5.41, 5.74) is 5.86. The Hall–Kier alpha value is -3.21. The first-order chi connectivity index (χ1) is 15.2. The smallest absolute Gasteiger partial charge is 0.459 e. The quantitative estimate of drug-likeness (QED) is 0.344. The number of carboxylic acids is 1. The number of aromatic amines is 1. The lowest BCUT2D eigenvalue weighted by Crippen LogP contribution is -2.35. The molecule has 4 rings (SSSR count). The number of imidazole rings is 1. The first-order valence-corrected chi connectivity index (χ1v) is 11.5. The van der Waals surface area contributed by atoms with Crippen molar-refractivity contribution in [2.45, 2.75) is 31.8 Å². The van der Waals surface area contributed by atoms with Crippen LogP contribution in [0.2, 0.25) is 0 Å². The second-order valence-electron chi connectivity index (χ2n) is 7.65. The summed E-state index contributed by atoms with van der Waals surface area (Å²) in [6, 6.07) is 7.29. The molecule has 0 saturated heterocycles. The Bertz CT molecular complexity index is 1220. The Labute approximate surface area is 182 Å². The molecule has 0 amide bonds. The standard InChI is InChI=1S/C19H23N6O6P/c1-11(18(27)28)24-32(29,31-14-5-3-2-4-6-14)30-9-12-7-13(8-12)25-10-21-15-16(25)22-19(20)23-17(15)26/h2-6,10-13H,7-9H2,1H3,(H,24,29)(H,27,28)(H3,20,22,23,26)/t11-,12?,13?,32?/m0/s1. The number of para-hydroxylation sites is 1. The predicted molar refractivity (Wildman–Crippen MR) is 115 cm³/mol. The number of anilines is 1. The van der Waals surface area contributed by atoms with Gasteiger partial charge in [0.25, 0.3) is 5.56 Å². The molecule has 1 saturated carbocycles. The molecule has 0 aliphatic heterocycles. The van der Waals surface area contributed by atoms with Crippen LogP contribution in [0.5, 0.6) is 5.75 Å². The summed E-state index contributed by atoms with van der Waals surface area (Å²) in [5, 5.41) is 11.6. The molecule has 1 aliphatic rings. The highest BCUT2D eigenvalue weighted by Crippen LogP contribution is 2.48. The number of fused-ring (bicyclic) bond motifs is 1. The van der Waals surface area contributed by atoms with Gasteiger partial charge in [-0.05, 0) is 37.8 Å². The summed E-state index contributed by atoms with van der Waals surface area (Å²) in [4.78, 5) is 33.8. The van der Waals surface area contributed by atoms with Crippen molar-refractivity contribution in [2.75, 3.05) is 12.3 Å². The number of nitrogen functional groups attached to an aromatic ring is 1. The van der Waals surface area contributed by atoms with E-state index in [1.165, 1.54) is 6.92 Å². The fraction of sp³-hybridized carbons (Fsp3) is 0.368. The number of H-pyrrole nitrogens is 1. The second kappa shape index (κ2) is 8.73. The number of benzene rings is 1. The number of rotatable bonds is 9. The number of carboxylic acid groups (broad SMARTS) is 1. The van der Waals surface area contributed by atoms with Crippen molar-refractivity contribution in [1.82, 2.24) is 24.6 Å². The molecule has 2 heterocycles. The normalized spacial score (nSPS) is 20.9. The third-order valence-corrected chi connectivity index (χ3v) is 6.87. The number of nitrogens with one attached hydrogen (secondary N) is 2. The number of carbonyl (C=O) groups is 1. The molecule has 5 N–H and O–H groups in total. The second-order valence-corrected chi connectivity index (χ2v) is 9.35. The average Bonchev–Trinajstić information content (AvgIpc) is 3.11. The summed E-state index contributed by atoms with van der Waals surface area (Å²) in [6.07, 6.45) is 2.88. The number of hydrogen-bond donors (Lipinski definition) is 4. The highest BCUT2D eigenvalue weighted by atomic mass is 31.2. The Morgan fingerprint density at radius 2 is 2.12 bits per heavy atom. The van der Waals surface area contributed by atoms with E-state index in [2.05, 4.69) is 20.0 Å². The number of aliphatic carboxylic acids is 1. The predicted octanol–water partition coefficient (Wildman–Crippen LogP) is 1.92. The van der Waals surface area contributed by atoms with Gasteiger partial charge in [0.15, 0.2) is 11.2 Å². The first-order valence-electron chi connectivity index (χ1n) is 9.96. The maximum Gasteiger partial charge on any atom is 0.459 e. The van der Waals surface area contributed by atoms with Gasteiger partial charge in [0.05, 0.1) is 12.9 Å². The molecule has 0 radical (unpaired) electrons. The maximum absolute atomic E-state index is 13.2. The molecule has 3 aromatic rings. The zero-order valence-electron chi connectivity index (χ0n) is 17.2. The number of nitrogens with two attached hydrogens (primary N) is 1. The minimum absolute atomic E-state index is 0.0149. The Morgan fingerprint density at radius 1 is 1.41 bits per heavy atom. The molecule has 13 heteroatoms. The third-order valence-electron chi connectivity index (χ3n) is 5.23. The van der Waals surface area contributed by atoms with E-state index in [1.54, 1.807) is 41.2 Å². The molecule has 2 atom stereocenters. The van der Waals surface area contributed by atoms with Crippen LogP contribution in [0.15, 0.2) is 41.5 Å². The molecule has 0 bridgehead atoms. The van der Waals surface area contributed by atoms with Gasteiger partial charge in [-0.3, -0.25) is 19.1 Å². The van der Waals surface area contributed by atoms with Crippen molar-refractivity contribution in [2.24, 2.45) is 5.92 Å². The zero-order valence-corrected chi connectivity index (χ0v) is 18.1. The van der Waals surface area contributed by atoms with Crippen LogP contribution in [0.3, 0.4) is 0 Å². The van der Waals surface area contributed by atoms with E-state index in [9.17, 15) is 14.2 Å². The van der Waals surface area contributed by atoms with E-state index >= 15 is 0 Å². The molecule has 1 aliphatic carbocycles. The van der Waals surface area contributed by atoms with Gasteiger partial charge in [-0.1, -0.05) is 18.2 Å². The van der Waals surface area contributed by atoms with E-state index in [1.807, 2.05) is 0 Å². The van der Waals surface area contributed by atoms with Crippen LogP contribution >= 0.6 is 7.75 Å². The largest absolute Gasteiger partial charge is 0.480 e. The van der Waals surface area contributed by atoms with Crippen LogP contribution in [0.4, 0.5) is 5.95 Å². The highest BCUT2D eigenvalue weighted by Gasteiger charge is 2.37. The van der Waals surface area contributed by atoms with Crippen molar-refractivity contribution in [3.63, 3.8) is 0 Å². The van der Waals surface area contributed by atoms with Gasteiger partial charge in [-0.25, -0.2) is 9.55 Å². The lowest BCUT2D eigenvalue weighted by atomic mass is 9.81. The minimum atomic E-state index is -3.94. The van der Waals surface area contributed by atoms with E-state index in [0.717, 1.165) is 0 Å². The average molecular weight is 462 g/mol. The third kappa shape index (κ3) is 4.67. The van der Waals surface area contributed by atoms with Gasteiger partial charge in [0.1, 0.15) is 11.8 Å². The number of aromatic nitrogens is 4. The maximum atomic E-state index is 13.2. The van der Waals surface area contributed by atoms with E-state index in [0.29, 0.717) is 24.2 Å². The topological polar surface area (TPSA) is 174 Å². The minimum Gasteiger partial charge on any atom is -0.480 e. The van der Waals surface area contributed by atoms with Crippen molar-refractivity contribution in [1.29, 1.82) is 0 Å². The van der Waals surface area contributed by atoms with Crippen LogP contribution in [-0.2, 0) is 13.9 Å². The van der Waals surface area contributed by atoms with Crippen LogP contribution < -0.4 is 20.9 Å². The van der Waals surface area contributed by atoms with Gasteiger partial charge in [0, 0.05) is 6.04 Å². The van der Waals surface area contributed by atoms with Crippen LogP contribution in [-0.4, -0.2) is 43.2 Å². The number of nitrogens with zero attached hydrogens (tertiary/aromatic N) is 3. The molecule has 1 unspecified atom stereocenters. The Morgan fingerprint density at radius 3 is 2.81 bits per heavy atom. The van der Waals surface area contributed by atoms with Crippen molar-refractivity contribution in [3.8, 4) is 5.75 Å². The summed E-state index contributed by atoms with van der Waals surface area (Å²) < 4.78 is 26.1. The molecule has 0 spiro atoms. The van der Waals surface area contributed by atoms with Crippen LogP contribution in [0.25, 0.3) is 11.2 Å². The zero-order chi connectivity index (χ0) is 22.9. The van der Waals surface area contributed by atoms with E-state index in [4.69, 9.17) is 19.9 Å². The SMILES string of the molecule is C[C@H](NP(=O)(OCC1CC(n2cnc3c(=O)[nH]c(N)nc32)C1)Oc1ccccc1)C(=O)O. The van der Waals surface area contributed by atoms with Crippen molar-refractivity contribution in [3.05, 3.63) is 47.0 Å². The van der Waals surface area contributed by atoms with Crippen LogP contribution in [0.1, 0.15) is 25.8 Å². The molecule has 170 valence electrons. The number of hydrogen-bond acceptors (Lipinski definition) is 8. The fourth-order valence-electron chi connectivity index (χ4n) is 3.48. The van der Waals surface area contributed by atoms with Gasteiger partial charge < -0.3 is 19.9 Å². The van der Waals surface area contributed by atoms with E-state index < -0.39 is 25.3 Å². The fourth-order valence-corrected chi connectivity index (χ4v) is 5.05. The molecule has 1 fully saturated rings. The lowest BCUT2D eigenvalue weighted by Gasteiger charge is -2.36. The monoisotopic (exact) mass is 462 g/mol. The van der Waals surface area contributed by atoms with E-state index in [-0.39, 0.29) is 30.0 Å². The summed E-state index contributed by atoms with van der Waals surface area (Å²) in [7, 11) is -3.94. The molecule has 32 heavy (non-hydrogen) atoms. The molecular weight excluding hydrogens is 439 g/mol. The highest BCUT2D eigenvalue weighted by molar-refractivity contribution is 7.52. The molecule has 1 aromatic carbocycles. The molecule has 12 nitrogen and oxygen atoms in total. The Kier molecular flexibility index (Phi) is 6.00. The van der Waals surface area contributed by atoms with Crippen molar-refractivity contribution >= 4 is 30.8 Å². The van der Waals surface area contributed by atoms with Crippen LogP contribution in [0, 0.1) is 5.92 Å². The van der Waals surface area contributed by atoms with Crippen molar-refractivity contribution < 1.29 is 23.5 Å². The summed E-state index contributed by atoms with van der Waals surface area (Å²) in [6.45, 7) is 1.46. The summed E-state index contributed by atoms with van der Waals surface area (Å²) in [5.74, 6) is -0.818. The lowest BCUT2D eigenvalue weighted by molar-refractivity contribution is -0.138. The molecular formula is C19H23N6O6P. The first kappa shape index (κ1) is 22.0. The molecule has 2 aromatic heterocycles. The Balaban J connectivity index is 1.41.